The lowest BCUT2D eigenvalue weighted by Crippen LogP contribution is -2.73. The van der Waals surface area contributed by atoms with E-state index in [0.717, 1.165) is 29.4 Å². The molecule has 0 radical (unpaired) electrons. The summed E-state index contributed by atoms with van der Waals surface area (Å²) in [4.78, 5) is 2.60. The molecule has 11 aromatic rings. The van der Waals surface area contributed by atoms with Crippen LogP contribution in [0.3, 0.4) is 0 Å². The molecule has 16 rings (SSSR count). The number of benzene rings is 10. The average Bonchev–Trinajstić information content (AvgIpc) is 4.19. The summed E-state index contributed by atoms with van der Waals surface area (Å²) in [7, 11) is 0. The first-order chi connectivity index (χ1) is 34.7. The van der Waals surface area contributed by atoms with E-state index in [1.807, 2.05) is 0 Å². The summed E-state index contributed by atoms with van der Waals surface area (Å²) in [5.74, 6) is 3.30. The van der Waals surface area contributed by atoms with Gasteiger partial charge in [0, 0.05) is 38.8 Å². The fourth-order valence-electron chi connectivity index (χ4n) is 16.1. The van der Waals surface area contributed by atoms with Crippen LogP contribution < -0.4 is 4.90 Å². The zero-order valence-corrected chi connectivity index (χ0v) is 39.0. The summed E-state index contributed by atoms with van der Waals surface area (Å²) >= 11 is 0. The van der Waals surface area contributed by atoms with E-state index >= 15 is 0 Å². The van der Waals surface area contributed by atoms with Gasteiger partial charge in [-0.05, 0) is 170 Å². The van der Waals surface area contributed by atoms with Crippen LogP contribution in [0.4, 0.5) is 17.1 Å². The van der Waals surface area contributed by atoms with Gasteiger partial charge in [0.25, 0.3) is 0 Å². The lowest BCUT2D eigenvalue weighted by atomic mass is 9.27. The molecular formula is C68H50N2. The van der Waals surface area contributed by atoms with Gasteiger partial charge in [-0.2, -0.15) is 0 Å². The number of para-hydroxylation sites is 3. The number of nitrogens with zero attached hydrogens (tertiary/aromatic N) is 2. The van der Waals surface area contributed by atoms with Gasteiger partial charge in [0.15, 0.2) is 0 Å². The predicted octanol–water partition coefficient (Wildman–Crippen LogP) is 17.7. The number of hydrogen-bond acceptors (Lipinski definition) is 1. The van der Waals surface area contributed by atoms with Crippen molar-refractivity contribution in [1.29, 1.82) is 0 Å². The van der Waals surface area contributed by atoms with Gasteiger partial charge in [-0.15, -0.1) is 0 Å². The van der Waals surface area contributed by atoms with Crippen LogP contribution in [-0.2, 0) is 5.41 Å². The molecule has 5 unspecified atom stereocenters. The molecule has 2 nitrogen and oxygen atoms in total. The minimum atomic E-state index is 0.0868. The highest BCUT2D eigenvalue weighted by molar-refractivity contribution is 6.16. The molecule has 1 aromatic heterocycles. The molecule has 2 spiro atoms. The third-order valence-electron chi connectivity index (χ3n) is 18.4. The maximum atomic E-state index is 2.66. The molecule has 70 heavy (non-hydrogen) atoms. The second-order valence-corrected chi connectivity index (χ2v) is 21.2. The fourth-order valence-corrected chi connectivity index (χ4v) is 16.1. The van der Waals surface area contributed by atoms with Crippen molar-refractivity contribution in [3.8, 4) is 50.2 Å². The van der Waals surface area contributed by atoms with Crippen molar-refractivity contribution < 1.29 is 0 Å². The third-order valence-corrected chi connectivity index (χ3v) is 18.4. The largest absolute Gasteiger partial charge is 0.310 e. The molecule has 4 fully saturated rings. The summed E-state index contributed by atoms with van der Waals surface area (Å²) < 4.78 is 2.43. The smallest absolute Gasteiger partial charge is 0.0547 e. The van der Waals surface area contributed by atoms with Gasteiger partial charge in [0.1, 0.15) is 0 Å². The SMILES string of the molecule is c1ccc(-c2cccc3cccc(-c4ccccc4N(c4cccc(-c5cccc6c5c5ccccc5n6-c5ccccc5)c4)c4ccc5c(c4)C4(c6ccccc6-5)C5CC6CC7C[C@H]4C75C6)c23)cc1. The Hall–Kier alpha value is -7.94. The highest BCUT2D eigenvalue weighted by atomic mass is 15.1. The van der Waals surface area contributed by atoms with E-state index in [4.69, 9.17) is 0 Å². The summed E-state index contributed by atoms with van der Waals surface area (Å²) in [6, 6.07) is 86.8. The van der Waals surface area contributed by atoms with Crippen LogP contribution in [0, 0.1) is 29.1 Å². The number of anilines is 3. The van der Waals surface area contributed by atoms with E-state index in [1.54, 1.807) is 11.1 Å². The molecule has 2 heteroatoms. The lowest BCUT2D eigenvalue weighted by molar-refractivity contribution is -0.231. The number of aromatic nitrogens is 1. The maximum Gasteiger partial charge on any atom is 0.0547 e. The molecule has 0 amide bonds. The quantitative estimate of drug-likeness (QED) is 0.155. The summed E-state index contributed by atoms with van der Waals surface area (Å²) in [6.07, 6.45) is 5.71. The van der Waals surface area contributed by atoms with Crippen LogP contribution >= 0.6 is 0 Å². The van der Waals surface area contributed by atoms with Crippen LogP contribution in [0.25, 0.3) is 82.8 Å². The standard InChI is InChI=1S/C68H50N2/c1-3-17-44(18-4-1)51-28-14-19-45-20-15-30-56(65(45)51)55-26-8-11-32-60(55)69(50-35-36-54-53-25-7-10-31-58(53)68(59(54)41-50)63-38-43-37-47-40-64(68)67(47,63)42-43)49-24-13-21-46(39-49)52-29-16-34-62-66(52)57-27-9-12-33-61(57)70(62)48-22-5-2-6-23-48/h1-36,39,41,43,47,63-64H,37-38,40,42H2/t43?,47?,63?,64-,67?,68?/m0/s1. The Labute approximate surface area is 409 Å². The molecular weight excluding hydrogens is 845 g/mol. The van der Waals surface area contributed by atoms with Gasteiger partial charge in [0.2, 0.25) is 0 Å². The Morgan fingerprint density at radius 3 is 1.90 bits per heavy atom. The van der Waals surface area contributed by atoms with Gasteiger partial charge >= 0.3 is 0 Å². The Morgan fingerprint density at radius 2 is 1.04 bits per heavy atom. The molecule has 0 saturated heterocycles. The van der Waals surface area contributed by atoms with Crippen LogP contribution in [0.2, 0.25) is 0 Å². The normalized spacial score (nSPS) is 23.0. The molecule has 0 N–H and O–H groups in total. The van der Waals surface area contributed by atoms with Crippen molar-refractivity contribution >= 4 is 49.6 Å². The first-order valence-corrected chi connectivity index (χ1v) is 25.6. The molecule has 1 heterocycles. The van der Waals surface area contributed by atoms with E-state index in [1.165, 1.54) is 120 Å². The molecule has 5 aliphatic rings. The second-order valence-electron chi connectivity index (χ2n) is 21.2. The topological polar surface area (TPSA) is 8.17 Å². The molecule has 10 aromatic carbocycles. The van der Waals surface area contributed by atoms with E-state index in [-0.39, 0.29) is 5.41 Å². The van der Waals surface area contributed by atoms with Gasteiger partial charge in [-0.3, -0.25) is 0 Å². The molecule has 4 saturated carbocycles. The molecule has 2 bridgehead atoms. The average molecular weight is 895 g/mol. The van der Waals surface area contributed by atoms with Crippen molar-refractivity contribution in [3.05, 3.63) is 242 Å². The first-order valence-electron chi connectivity index (χ1n) is 25.6. The zero-order valence-electron chi connectivity index (χ0n) is 39.0. The van der Waals surface area contributed by atoms with Crippen molar-refractivity contribution in [2.24, 2.45) is 29.1 Å². The number of hydrogen-bond donors (Lipinski definition) is 0. The molecule has 0 aliphatic heterocycles. The highest BCUT2D eigenvalue weighted by Crippen LogP contribution is 2.89. The maximum absolute atomic E-state index is 2.66. The molecule has 6 atom stereocenters. The second kappa shape index (κ2) is 14.3. The van der Waals surface area contributed by atoms with Crippen LogP contribution in [0.5, 0.6) is 0 Å². The van der Waals surface area contributed by atoms with Crippen molar-refractivity contribution in [2.45, 2.75) is 31.1 Å². The van der Waals surface area contributed by atoms with Crippen LogP contribution in [0.15, 0.2) is 231 Å². The third kappa shape index (κ3) is 4.98. The van der Waals surface area contributed by atoms with Gasteiger partial charge in [-0.1, -0.05) is 176 Å². The van der Waals surface area contributed by atoms with E-state index in [2.05, 4.69) is 240 Å². The minimum absolute atomic E-state index is 0.0868. The fraction of sp³-hybridized carbons (Fsp3) is 0.147. The Bertz CT molecular complexity index is 3950. The Morgan fingerprint density at radius 1 is 0.414 bits per heavy atom. The monoisotopic (exact) mass is 894 g/mol. The van der Waals surface area contributed by atoms with Gasteiger partial charge in [0.05, 0.1) is 16.7 Å². The van der Waals surface area contributed by atoms with E-state index < -0.39 is 0 Å². The molecule has 5 aliphatic carbocycles. The van der Waals surface area contributed by atoms with Crippen LogP contribution in [0.1, 0.15) is 36.8 Å². The Kier molecular flexibility index (Phi) is 7.97. The highest BCUT2D eigenvalue weighted by Gasteiger charge is 2.84. The van der Waals surface area contributed by atoms with Crippen molar-refractivity contribution in [2.75, 3.05) is 4.90 Å². The first kappa shape index (κ1) is 39.0. The zero-order chi connectivity index (χ0) is 45.7. The predicted molar refractivity (Wildman–Crippen MR) is 290 cm³/mol. The summed E-state index contributed by atoms with van der Waals surface area (Å²) in [5.41, 5.74) is 21.2. The van der Waals surface area contributed by atoms with E-state index in [9.17, 15) is 0 Å². The summed E-state index contributed by atoms with van der Waals surface area (Å²) in [5, 5.41) is 5.05. The summed E-state index contributed by atoms with van der Waals surface area (Å²) in [6.45, 7) is 0. The Balaban J connectivity index is 0.936. The minimum Gasteiger partial charge on any atom is -0.310 e. The van der Waals surface area contributed by atoms with Crippen LogP contribution in [-0.4, -0.2) is 4.57 Å². The van der Waals surface area contributed by atoms with Crippen molar-refractivity contribution in [1.82, 2.24) is 4.57 Å². The van der Waals surface area contributed by atoms with E-state index in [0.29, 0.717) is 5.41 Å². The molecule has 332 valence electrons. The van der Waals surface area contributed by atoms with Gasteiger partial charge in [-0.25, -0.2) is 0 Å². The van der Waals surface area contributed by atoms with Gasteiger partial charge < -0.3 is 9.47 Å². The number of fused-ring (bicyclic) bond motifs is 12. The van der Waals surface area contributed by atoms with Crippen molar-refractivity contribution in [3.63, 3.8) is 0 Å². The number of rotatable bonds is 7. The lowest BCUT2D eigenvalue weighted by Gasteiger charge is -2.76.